The zero-order valence-corrected chi connectivity index (χ0v) is 22.1. The third-order valence-electron chi connectivity index (χ3n) is 5.37. The summed E-state index contributed by atoms with van der Waals surface area (Å²) < 4.78 is 0. The van der Waals surface area contributed by atoms with Gasteiger partial charge in [0.05, 0.1) is 0 Å². The van der Waals surface area contributed by atoms with Gasteiger partial charge in [-0.05, 0) is 52.0 Å². The fourth-order valence-electron chi connectivity index (χ4n) is 3.46. The van der Waals surface area contributed by atoms with Crippen molar-refractivity contribution in [2.24, 2.45) is 0 Å². The van der Waals surface area contributed by atoms with Gasteiger partial charge in [-0.15, -0.1) is 0 Å². The minimum atomic E-state index is 0. The maximum atomic E-state index is 11.5. The molecule has 4 nitrogen and oxygen atoms in total. The first kappa shape index (κ1) is 31.0. The van der Waals surface area contributed by atoms with Gasteiger partial charge in [0, 0.05) is 34.4 Å². The molecule has 172 valence electrons. The van der Waals surface area contributed by atoms with Gasteiger partial charge in [-0.3, -0.25) is 0 Å². The fourth-order valence-corrected chi connectivity index (χ4v) is 3.46. The Hall–Kier alpha value is -2.99. The molecule has 0 bridgehead atoms. The van der Waals surface area contributed by atoms with Crippen LogP contribution in [0.4, 0.5) is 11.4 Å². The maximum Gasteiger partial charge on any atom is 1.00 e. The molecule has 0 atom stereocenters. The molecule has 36 heavy (non-hydrogen) atoms. The van der Waals surface area contributed by atoms with Crippen LogP contribution in [-0.2, 0) is 0 Å². The van der Waals surface area contributed by atoms with Gasteiger partial charge >= 0.3 is 37.7 Å². The quantitative estimate of drug-likeness (QED) is 0.242. The Balaban J connectivity index is 0.000000341. The van der Waals surface area contributed by atoms with E-state index >= 15 is 0 Å². The van der Waals surface area contributed by atoms with E-state index in [0.717, 1.165) is 11.4 Å². The van der Waals surface area contributed by atoms with E-state index in [1.54, 1.807) is 48.8 Å². The molecule has 0 aromatic heterocycles. The molecule has 0 radical (unpaired) electrons. The summed E-state index contributed by atoms with van der Waals surface area (Å²) >= 11 is 0. The second kappa shape index (κ2) is 15.2. The summed E-state index contributed by atoms with van der Waals surface area (Å²) in [5.41, 5.74) is 8.21. The van der Waals surface area contributed by atoms with Crippen molar-refractivity contribution in [1.82, 2.24) is 0 Å². The summed E-state index contributed by atoms with van der Waals surface area (Å²) in [5.74, 6) is 0.0644. The van der Waals surface area contributed by atoms with Crippen LogP contribution in [0, 0.1) is 27.7 Å². The van der Waals surface area contributed by atoms with Crippen molar-refractivity contribution in [3.05, 3.63) is 118 Å². The standard InChI is InChI=1S/2C15H15NO.2Li/c2*1-11-7-8-14(12(2)9-11)16-10-13-5-3-4-6-15(13)17;;/h2*3-10,17H,1-2H3;;/q;;2*+1. The van der Waals surface area contributed by atoms with E-state index in [2.05, 4.69) is 36.0 Å². The van der Waals surface area contributed by atoms with Crippen molar-refractivity contribution in [2.75, 3.05) is 0 Å². The molecule has 0 aliphatic carbocycles. The number of rotatable bonds is 4. The first-order valence-corrected chi connectivity index (χ1v) is 11.2. The Morgan fingerprint density at radius 3 is 1.22 bits per heavy atom. The van der Waals surface area contributed by atoms with E-state index in [1.165, 1.54) is 22.3 Å². The van der Waals surface area contributed by atoms with Crippen LogP contribution in [-0.4, -0.2) is 12.4 Å². The molecule has 0 saturated carbocycles. The molecule has 4 aromatic rings. The summed E-state index contributed by atoms with van der Waals surface area (Å²) in [4.78, 5) is 6.34. The van der Waals surface area contributed by atoms with Gasteiger partial charge in [-0.1, -0.05) is 71.2 Å². The van der Waals surface area contributed by atoms with E-state index in [1.807, 2.05) is 50.2 Å². The molecule has 6 heteroatoms. The normalized spacial score (nSPS) is 10.3. The Kier molecular flexibility index (Phi) is 13.1. The van der Waals surface area contributed by atoms with Gasteiger partial charge in [0.1, 0.15) is 0 Å². The molecular formula is C30H30Li2N2O2+2. The summed E-state index contributed by atoms with van der Waals surface area (Å²) in [6.07, 6.45) is 3.50. The van der Waals surface area contributed by atoms with Gasteiger partial charge in [-0.25, -0.2) is 9.98 Å². The van der Waals surface area contributed by atoms with E-state index in [0.29, 0.717) is 11.1 Å². The predicted octanol–water partition coefficient (Wildman–Crippen LogP) is -3.58. The number of hydrogen-bond acceptors (Lipinski definition) is 2. The van der Waals surface area contributed by atoms with Crippen LogP contribution in [0.2, 0.25) is 0 Å². The van der Waals surface area contributed by atoms with Crippen LogP contribution in [0.15, 0.2) is 84.9 Å². The SMILES string of the molecule is Cc1ccc([NH+]=Cc2ccccc2[O-])c(C)c1.Cc1ccc([NH+]=Cc2ccccc2[O-])c(C)c1.[Li+].[Li+]. The van der Waals surface area contributed by atoms with Crippen LogP contribution < -0.4 is 57.9 Å². The first-order chi connectivity index (χ1) is 16.3. The minimum Gasteiger partial charge on any atom is -0.872 e. The van der Waals surface area contributed by atoms with Crippen LogP contribution in [0.5, 0.6) is 11.5 Å². The molecule has 0 spiro atoms. The average molecular weight is 464 g/mol. The van der Waals surface area contributed by atoms with Gasteiger partial charge in [-0.2, -0.15) is 0 Å². The molecule has 0 unspecified atom stereocenters. The largest absolute Gasteiger partial charge is 1.00 e. The molecule has 4 aromatic carbocycles. The number of aryl methyl sites for hydroxylation is 4. The van der Waals surface area contributed by atoms with Crippen LogP contribution >= 0.6 is 0 Å². The topological polar surface area (TPSA) is 74.1 Å². The van der Waals surface area contributed by atoms with Crippen molar-refractivity contribution in [3.63, 3.8) is 0 Å². The molecule has 0 aliphatic rings. The monoisotopic (exact) mass is 464 g/mol. The average Bonchev–Trinajstić information content (AvgIpc) is 2.80. The Bertz CT molecular complexity index is 1230. The maximum absolute atomic E-state index is 11.5. The van der Waals surface area contributed by atoms with E-state index in [9.17, 15) is 10.2 Å². The number of para-hydroxylation sites is 2. The van der Waals surface area contributed by atoms with Crippen molar-refractivity contribution >= 4 is 23.8 Å². The van der Waals surface area contributed by atoms with Crippen LogP contribution in [0.1, 0.15) is 33.4 Å². The molecular weight excluding hydrogens is 434 g/mol. The third kappa shape index (κ3) is 9.23. The van der Waals surface area contributed by atoms with Crippen molar-refractivity contribution in [3.8, 4) is 11.5 Å². The molecule has 4 rings (SSSR count). The van der Waals surface area contributed by atoms with E-state index in [4.69, 9.17) is 0 Å². The number of benzene rings is 4. The Labute approximate surface area is 238 Å². The number of nitrogens with one attached hydrogen (secondary N) is 2. The molecule has 0 heterocycles. The molecule has 0 saturated heterocycles. The Morgan fingerprint density at radius 1 is 0.528 bits per heavy atom. The summed E-state index contributed by atoms with van der Waals surface area (Å²) in [6.45, 7) is 8.22. The van der Waals surface area contributed by atoms with Gasteiger partial charge in [0.15, 0.2) is 12.4 Å². The molecule has 0 fully saturated rings. The molecule has 0 aliphatic heterocycles. The smallest absolute Gasteiger partial charge is 0.872 e. The van der Waals surface area contributed by atoms with Crippen molar-refractivity contribution in [2.45, 2.75) is 27.7 Å². The minimum absolute atomic E-state index is 0. The predicted molar refractivity (Wildman–Crippen MR) is 135 cm³/mol. The summed E-state index contributed by atoms with van der Waals surface area (Å²) in [7, 11) is 0. The second-order valence-corrected chi connectivity index (χ2v) is 8.29. The fraction of sp³-hybridized carbons (Fsp3) is 0.133. The Morgan fingerprint density at radius 2 is 0.889 bits per heavy atom. The second-order valence-electron chi connectivity index (χ2n) is 8.29. The van der Waals surface area contributed by atoms with Crippen molar-refractivity contribution < 1.29 is 57.9 Å². The first-order valence-electron chi connectivity index (χ1n) is 11.2. The summed E-state index contributed by atoms with van der Waals surface area (Å²) in [5, 5.41) is 23.0. The zero-order valence-electron chi connectivity index (χ0n) is 22.1. The zero-order chi connectivity index (χ0) is 24.5. The van der Waals surface area contributed by atoms with Gasteiger partial charge < -0.3 is 10.2 Å². The van der Waals surface area contributed by atoms with Gasteiger partial charge in [0.2, 0.25) is 11.4 Å². The van der Waals surface area contributed by atoms with Crippen LogP contribution in [0.25, 0.3) is 0 Å². The van der Waals surface area contributed by atoms with Crippen LogP contribution in [0.3, 0.4) is 0 Å². The van der Waals surface area contributed by atoms with E-state index < -0.39 is 0 Å². The van der Waals surface area contributed by atoms with Gasteiger partial charge in [0.25, 0.3) is 0 Å². The molecule has 0 amide bonds. The molecule has 2 N–H and O–H groups in total. The third-order valence-corrected chi connectivity index (χ3v) is 5.37. The number of hydrogen-bond donors (Lipinski definition) is 2. The van der Waals surface area contributed by atoms with E-state index in [-0.39, 0.29) is 49.2 Å². The van der Waals surface area contributed by atoms with Crippen molar-refractivity contribution in [1.29, 1.82) is 0 Å². The summed E-state index contributed by atoms with van der Waals surface area (Å²) in [6, 6.07) is 26.3.